The topological polar surface area (TPSA) is 25.0 Å². The lowest BCUT2D eigenvalue weighted by Gasteiger charge is -2.08. The van der Waals surface area contributed by atoms with Crippen LogP contribution in [0.15, 0.2) is 12.1 Å². The summed E-state index contributed by atoms with van der Waals surface area (Å²) >= 11 is 0. The number of aromatic nitrogens is 1. The lowest BCUT2D eigenvalue weighted by Crippen LogP contribution is -1.90. The summed E-state index contributed by atoms with van der Waals surface area (Å²) in [5, 5.41) is 1.29. The molecule has 0 atom stereocenters. The molecule has 0 spiro atoms. The lowest BCUT2D eigenvalue weighted by atomic mass is 10.0. The molecular formula is C12H15NO. The van der Waals surface area contributed by atoms with E-state index in [4.69, 9.17) is 4.74 Å². The van der Waals surface area contributed by atoms with E-state index >= 15 is 0 Å². The molecule has 0 fully saturated rings. The maximum absolute atomic E-state index is 5.32. The zero-order valence-corrected chi connectivity index (χ0v) is 9.06. The molecule has 2 nitrogen and oxygen atoms in total. The van der Waals surface area contributed by atoms with Crippen molar-refractivity contribution in [3.05, 3.63) is 29.0 Å². The van der Waals surface area contributed by atoms with E-state index in [0.29, 0.717) is 0 Å². The molecule has 0 radical (unpaired) electrons. The zero-order chi connectivity index (χ0) is 10.3. The highest BCUT2D eigenvalue weighted by Crippen LogP contribution is 2.29. The van der Waals surface area contributed by atoms with Gasteiger partial charge in [0, 0.05) is 22.7 Å². The van der Waals surface area contributed by atoms with Gasteiger partial charge in [0.05, 0.1) is 7.11 Å². The second kappa shape index (κ2) is 3.05. The van der Waals surface area contributed by atoms with Crippen LogP contribution in [0.5, 0.6) is 5.75 Å². The normalized spacial score (nSPS) is 10.9. The van der Waals surface area contributed by atoms with E-state index in [1.165, 1.54) is 22.2 Å². The first-order chi connectivity index (χ1) is 6.63. The fourth-order valence-corrected chi connectivity index (χ4v) is 1.87. The predicted octanol–water partition coefficient (Wildman–Crippen LogP) is 3.10. The average molecular weight is 189 g/mol. The minimum atomic E-state index is 0.955. The molecule has 1 heterocycles. The van der Waals surface area contributed by atoms with Gasteiger partial charge in [-0.3, -0.25) is 0 Å². The largest absolute Gasteiger partial charge is 0.496 e. The Morgan fingerprint density at radius 1 is 1.07 bits per heavy atom. The van der Waals surface area contributed by atoms with Crippen LogP contribution in [-0.2, 0) is 0 Å². The number of rotatable bonds is 1. The Morgan fingerprint density at radius 3 is 2.43 bits per heavy atom. The number of benzene rings is 1. The first-order valence-corrected chi connectivity index (χ1v) is 4.77. The van der Waals surface area contributed by atoms with Gasteiger partial charge in [-0.15, -0.1) is 0 Å². The number of aromatic amines is 1. The SMILES string of the molecule is COc1cc2[nH]c(C)cc2c(C)c1C. The third-order valence-electron chi connectivity index (χ3n) is 2.81. The number of aryl methyl sites for hydroxylation is 2. The van der Waals surface area contributed by atoms with Crippen LogP contribution in [0, 0.1) is 20.8 Å². The van der Waals surface area contributed by atoms with Crippen molar-refractivity contribution in [3.63, 3.8) is 0 Å². The number of methoxy groups -OCH3 is 1. The fourth-order valence-electron chi connectivity index (χ4n) is 1.87. The van der Waals surface area contributed by atoms with E-state index in [1.807, 2.05) is 0 Å². The Hall–Kier alpha value is -1.44. The predicted molar refractivity (Wildman–Crippen MR) is 59.1 cm³/mol. The van der Waals surface area contributed by atoms with Gasteiger partial charge in [0.2, 0.25) is 0 Å². The molecule has 2 heteroatoms. The molecule has 14 heavy (non-hydrogen) atoms. The maximum Gasteiger partial charge on any atom is 0.124 e. The number of hydrogen-bond donors (Lipinski definition) is 1. The summed E-state index contributed by atoms with van der Waals surface area (Å²) in [5.41, 5.74) is 4.86. The molecule has 0 bridgehead atoms. The summed E-state index contributed by atoms with van der Waals surface area (Å²) in [6.07, 6.45) is 0. The second-order valence-corrected chi connectivity index (χ2v) is 3.74. The first-order valence-electron chi connectivity index (χ1n) is 4.77. The van der Waals surface area contributed by atoms with Crippen molar-refractivity contribution < 1.29 is 4.74 Å². The maximum atomic E-state index is 5.32. The Balaban J connectivity index is 2.84. The number of hydrogen-bond acceptors (Lipinski definition) is 1. The van der Waals surface area contributed by atoms with Gasteiger partial charge < -0.3 is 9.72 Å². The molecule has 1 N–H and O–H groups in total. The van der Waals surface area contributed by atoms with Gasteiger partial charge in [-0.25, -0.2) is 0 Å². The second-order valence-electron chi connectivity index (χ2n) is 3.74. The molecule has 0 saturated heterocycles. The van der Waals surface area contributed by atoms with Crippen LogP contribution in [0.2, 0.25) is 0 Å². The quantitative estimate of drug-likeness (QED) is 0.732. The van der Waals surface area contributed by atoms with E-state index in [-0.39, 0.29) is 0 Å². The number of fused-ring (bicyclic) bond motifs is 1. The van der Waals surface area contributed by atoms with E-state index in [2.05, 4.69) is 37.9 Å². The molecule has 1 aromatic carbocycles. The van der Waals surface area contributed by atoms with Gasteiger partial charge in [-0.1, -0.05) is 0 Å². The van der Waals surface area contributed by atoms with Crippen LogP contribution < -0.4 is 4.74 Å². The molecule has 2 aromatic rings. The molecular weight excluding hydrogens is 174 g/mol. The highest BCUT2D eigenvalue weighted by molar-refractivity contribution is 5.86. The van der Waals surface area contributed by atoms with Crippen LogP contribution >= 0.6 is 0 Å². The van der Waals surface area contributed by atoms with Crippen molar-refractivity contribution >= 4 is 10.9 Å². The monoisotopic (exact) mass is 189 g/mol. The Labute approximate surface area is 83.9 Å². The summed E-state index contributed by atoms with van der Waals surface area (Å²) in [6.45, 7) is 6.30. The summed E-state index contributed by atoms with van der Waals surface area (Å²) in [7, 11) is 1.71. The molecule has 0 saturated carbocycles. The standard InChI is InChI=1S/C12H15NO/c1-7-5-10-8(2)9(3)12(14-4)6-11(10)13-7/h5-6,13H,1-4H3. The summed E-state index contributed by atoms with van der Waals surface area (Å²) in [6, 6.07) is 4.24. The Bertz CT molecular complexity index is 483. The zero-order valence-electron chi connectivity index (χ0n) is 9.06. The van der Waals surface area contributed by atoms with E-state index < -0.39 is 0 Å². The molecule has 74 valence electrons. The van der Waals surface area contributed by atoms with Gasteiger partial charge in [0.25, 0.3) is 0 Å². The average Bonchev–Trinajstić information content (AvgIpc) is 2.52. The summed E-state index contributed by atoms with van der Waals surface area (Å²) in [4.78, 5) is 3.32. The Kier molecular flexibility index (Phi) is 1.99. The van der Waals surface area contributed by atoms with Crippen molar-refractivity contribution in [3.8, 4) is 5.75 Å². The van der Waals surface area contributed by atoms with Crippen LogP contribution in [0.4, 0.5) is 0 Å². The number of H-pyrrole nitrogens is 1. The van der Waals surface area contributed by atoms with Gasteiger partial charge >= 0.3 is 0 Å². The molecule has 0 aliphatic carbocycles. The van der Waals surface area contributed by atoms with Crippen LogP contribution in [-0.4, -0.2) is 12.1 Å². The van der Waals surface area contributed by atoms with Crippen molar-refractivity contribution in [1.82, 2.24) is 4.98 Å². The summed E-state index contributed by atoms with van der Waals surface area (Å²) in [5.74, 6) is 0.955. The molecule has 0 aliphatic heterocycles. The van der Waals surface area contributed by atoms with Gasteiger partial charge in [-0.2, -0.15) is 0 Å². The van der Waals surface area contributed by atoms with E-state index in [1.54, 1.807) is 7.11 Å². The van der Waals surface area contributed by atoms with Crippen molar-refractivity contribution in [2.45, 2.75) is 20.8 Å². The summed E-state index contributed by atoms with van der Waals surface area (Å²) < 4.78 is 5.32. The van der Waals surface area contributed by atoms with Crippen LogP contribution in [0.25, 0.3) is 10.9 Å². The van der Waals surface area contributed by atoms with E-state index in [9.17, 15) is 0 Å². The van der Waals surface area contributed by atoms with Gasteiger partial charge in [0.15, 0.2) is 0 Å². The lowest BCUT2D eigenvalue weighted by molar-refractivity contribution is 0.412. The molecule has 0 aliphatic rings. The molecule has 2 rings (SSSR count). The first kappa shape index (κ1) is 9.13. The highest BCUT2D eigenvalue weighted by Gasteiger charge is 2.08. The van der Waals surface area contributed by atoms with Crippen LogP contribution in [0.3, 0.4) is 0 Å². The minimum Gasteiger partial charge on any atom is -0.496 e. The molecule has 0 unspecified atom stereocenters. The third-order valence-corrected chi connectivity index (χ3v) is 2.81. The van der Waals surface area contributed by atoms with Gasteiger partial charge in [0.1, 0.15) is 5.75 Å². The van der Waals surface area contributed by atoms with Crippen LogP contribution in [0.1, 0.15) is 16.8 Å². The smallest absolute Gasteiger partial charge is 0.124 e. The minimum absolute atomic E-state index is 0.955. The molecule has 1 aromatic heterocycles. The van der Waals surface area contributed by atoms with Crippen molar-refractivity contribution in [1.29, 1.82) is 0 Å². The number of nitrogens with one attached hydrogen (secondary N) is 1. The van der Waals surface area contributed by atoms with Gasteiger partial charge in [-0.05, 0) is 38.0 Å². The third kappa shape index (κ3) is 1.18. The highest BCUT2D eigenvalue weighted by atomic mass is 16.5. The fraction of sp³-hybridized carbons (Fsp3) is 0.333. The van der Waals surface area contributed by atoms with Crippen molar-refractivity contribution in [2.24, 2.45) is 0 Å². The molecule has 0 amide bonds. The van der Waals surface area contributed by atoms with Crippen molar-refractivity contribution in [2.75, 3.05) is 7.11 Å². The number of ether oxygens (including phenoxy) is 1. The Morgan fingerprint density at radius 2 is 1.79 bits per heavy atom. The van der Waals surface area contributed by atoms with E-state index in [0.717, 1.165) is 11.3 Å².